The summed E-state index contributed by atoms with van der Waals surface area (Å²) >= 11 is 0. The molecule has 7 heteroatoms. The van der Waals surface area contributed by atoms with Crippen molar-refractivity contribution in [3.05, 3.63) is 77.7 Å². The van der Waals surface area contributed by atoms with Crippen LogP contribution >= 0.6 is 0 Å². The number of nitrogens with zero attached hydrogens (tertiary/aromatic N) is 4. The molecule has 0 aliphatic carbocycles. The molecule has 4 heterocycles. The minimum absolute atomic E-state index is 0.377. The molecule has 0 unspecified atom stereocenters. The van der Waals surface area contributed by atoms with Crippen LogP contribution in [0.2, 0.25) is 0 Å². The maximum atomic E-state index is 11.4. The van der Waals surface area contributed by atoms with Crippen LogP contribution in [0, 0.1) is 0 Å². The van der Waals surface area contributed by atoms with Crippen molar-refractivity contribution >= 4 is 22.6 Å². The zero-order chi connectivity index (χ0) is 24.5. The molecule has 0 spiro atoms. The lowest BCUT2D eigenvalue weighted by Crippen LogP contribution is -2.39. The second-order valence-electron chi connectivity index (χ2n) is 9.50. The van der Waals surface area contributed by atoms with E-state index in [4.69, 9.17) is 5.73 Å². The molecule has 3 N–H and O–H groups in total. The monoisotopic (exact) mass is 468 g/mol. The normalized spacial score (nSPS) is 18.6. The van der Waals surface area contributed by atoms with E-state index in [-0.39, 0.29) is 5.91 Å². The smallest absolute Gasteiger partial charge is 0.248 e. The zero-order valence-corrected chi connectivity index (χ0v) is 20.5. The maximum absolute atomic E-state index is 11.4. The number of piperidine rings is 1. The highest BCUT2D eigenvalue weighted by Crippen LogP contribution is 2.34. The van der Waals surface area contributed by atoms with Crippen LogP contribution in [0.5, 0.6) is 0 Å². The number of fused-ring (bicyclic) bond motifs is 1. The summed E-state index contributed by atoms with van der Waals surface area (Å²) < 4.78 is 2.21. The number of hydrogen-bond acceptors (Lipinski definition) is 5. The quantitative estimate of drug-likeness (QED) is 0.434. The average Bonchev–Trinajstić information content (AvgIpc) is 3.20. The van der Waals surface area contributed by atoms with Crippen molar-refractivity contribution in [2.45, 2.75) is 38.3 Å². The van der Waals surface area contributed by atoms with Crippen LogP contribution in [0.1, 0.15) is 47.3 Å². The number of aromatic nitrogens is 3. The molecule has 5 rings (SSSR count). The third kappa shape index (κ3) is 4.51. The van der Waals surface area contributed by atoms with Gasteiger partial charge in [0, 0.05) is 55.1 Å². The Hall–Kier alpha value is -3.71. The molecule has 35 heavy (non-hydrogen) atoms. The van der Waals surface area contributed by atoms with Crippen LogP contribution in [-0.2, 0) is 13.6 Å². The van der Waals surface area contributed by atoms with Crippen LogP contribution < -0.4 is 11.1 Å². The lowest BCUT2D eigenvalue weighted by molar-refractivity contribution is 0.1000. The van der Waals surface area contributed by atoms with E-state index in [0.29, 0.717) is 17.5 Å². The number of likely N-dealkylation sites (tertiary alicyclic amines) is 1. The van der Waals surface area contributed by atoms with Crippen molar-refractivity contribution in [2.24, 2.45) is 12.8 Å². The fourth-order valence-electron chi connectivity index (χ4n) is 5.23. The summed E-state index contributed by atoms with van der Waals surface area (Å²) in [6, 6.07) is 16.7. The van der Waals surface area contributed by atoms with Gasteiger partial charge in [-0.1, -0.05) is 12.1 Å². The van der Waals surface area contributed by atoms with Gasteiger partial charge >= 0.3 is 0 Å². The minimum atomic E-state index is -0.377. The summed E-state index contributed by atoms with van der Waals surface area (Å²) in [5.41, 5.74) is 12.5. The fourth-order valence-corrected chi connectivity index (χ4v) is 5.23. The van der Waals surface area contributed by atoms with Gasteiger partial charge in [0.25, 0.3) is 0 Å². The van der Waals surface area contributed by atoms with Crippen molar-refractivity contribution in [2.75, 3.05) is 18.9 Å². The number of amides is 1. The first-order chi connectivity index (χ1) is 16.9. The number of nitrogens with one attached hydrogen (secondary N) is 1. The molecule has 1 aliphatic heterocycles. The van der Waals surface area contributed by atoms with E-state index < -0.39 is 0 Å². The van der Waals surface area contributed by atoms with Gasteiger partial charge in [0.15, 0.2) is 0 Å². The third-order valence-electron chi connectivity index (χ3n) is 7.40. The third-order valence-corrected chi connectivity index (χ3v) is 7.40. The molecule has 0 radical (unpaired) electrons. The number of benzene rings is 1. The summed E-state index contributed by atoms with van der Waals surface area (Å²) in [5, 5.41) is 4.25. The Balaban J connectivity index is 1.34. The number of pyridine rings is 2. The van der Waals surface area contributed by atoms with Crippen molar-refractivity contribution in [1.82, 2.24) is 19.4 Å². The predicted octanol–water partition coefficient (Wildman–Crippen LogP) is 4.54. The minimum Gasteiger partial charge on any atom is -0.387 e. The van der Waals surface area contributed by atoms with Crippen LogP contribution in [-0.4, -0.2) is 45.0 Å². The van der Waals surface area contributed by atoms with Crippen LogP contribution in [0.25, 0.3) is 22.3 Å². The van der Waals surface area contributed by atoms with Gasteiger partial charge < -0.3 is 15.6 Å². The highest BCUT2D eigenvalue weighted by molar-refractivity contribution is 5.93. The Labute approximate surface area is 206 Å². The first-order valence-electron chi connectivity index (χ1n) is 12.2. The molecule has 180 valence electrons. The number of primary amides is 1. The van der Waals surface area contributed by atoms with Gasteiger partial charge in [-0.3, -0.25) is 14.7 Å². The lowest BCUT2D eigenvalue weighted by Gasteiger charge is -2.38. The molecule has 1 fully saturated rings. The standard InChI is InChI=1S/C28H32N6O/c1-18-14-21(19-4-6-20(7-5-19)27(29)35)11-13-34(18)17-23-15-25-24(10-12-31-28(25)33(23)3)26-9-8-22(30-2)16-32-26/h4-10,12,15-16,18,21,30H,11,13-14,17H2,1-3H3,(H2,29,35)/t18-,21-/m0/s1. The van der Waals surface area contributed by atoms with Gasteiger partial charge in [-0.2, -0.15) is 0 Å². The van der Waals surface area contributed by atoms with Crippen molar-refractivity contribution in [1.29, 1.82) is 0 Å². The molecule has 0 bridgehead atoms. The van der Waals surface area contributed by atoms with Crippen molar-refractivity contribution in [3.8, 4) is 11.3 Å². The van der Waals surface area contributed by atoms with E-state index in [1.54, 1.807) is 0 Å². The van der Waals surface area contributed by atoms with Crippen molar-refractivity contribution in [3.63, 3.8) is 0 Å². The van der Waals surface area contributed by atoms with E-state index in [2.05, 4.69) is 63.0 Å². The number of carbonyl (C=O) groups is 1. The Morgan fingerprint density at radius 2 is 1.94 bits per heavy atom. The molecule has 0 saturated carbocycles. The molecule has 1 aromatic carbocycles. The van der Waals surface area contributed by atoms with Crippen LogP contribution in [0.4, 0.5) is 5.69 Å². The molecular formula is C28H32N6O. The largest absolute Gasteiger partial charge is 0.387 e. The van der Waals surface area contributed by atoms with Gasteiger partial charge in [0.05, 0.1) is 17.6 Å². The number of carbonyl (C=O) groups excluding carboxylic acids is 1. The highest BCUT2D eigenvalue weighted by atomic mass is 16.1. The van der Waals surface area contributed by atoms with Gasteiger partial charge in [0.1, 0.15) is 5.65 Å². The summed E-state index contributed by atoms with van der Waals surface area (Å²) in [4.78, 5) is 23.3. The van der Waals surface area contributed by atoms with Gasteiger partial charge in [0.2, 0.25) is 5.91 Å². The number of rotatable bonds is 6. The maximum Gasteiger partial charge on any atom is 0.248 e. The van der Waals surface area contributed by atoms with E-state index in [1.807, 2.05) is 43.7 Å². The summed E-state index contributed by atoms with van der Waals surface area (Å²) in [6.07, 6.45) is 5.91. The van der Waals surface area contributed by atoms with E-state index >= 15 is 0 Å². The average molecular weight is 469 g/mol. The molecule has 3 aromatic heterocycles. The van der Waals surface area contributed by atoms with E-state index in [9.17, 15) is 4.79 Å². The van der Waals surface area contributed by atoms with Crippen LogP contribution in [0.3, 0.4) is 0 Å². The Kier molecular flexibility index (Phi) is 6.26. The highest BCUT2D eigenvalue weighted by Gasteiger charge is 2.27. The Bertz CT molecular complexity index is 1340. The van der Waals surface area contributed by atoms with E-state index in [0.717, 1.165) is 53.9 Å². The molecule has 2 atom stereocenters. The van der Waals surface area contributed by atoms with Gasteiger partial charge in [-0.25, -0.2) is 4.98 Å². The lowest BCUT2D eigenvalue weighted by atomic mass is 9.85. The number of aryl methyl sites for hydroxylation is 1. The molecule has 4 aromatic rings. The number of hydrogen-bond donors (Lipinski definition) is 2. The van der Waals surface area contributed by atoms with Gasteiger partial charge in [-0.15, -0.1) is 0 Å². The Morgan fingerprint density at radius 3 is 2.60 bits per heavy atom. The summed E-state index contributed by atoms with van der Waals surface area (Å²) in [7, 11) is 4.00. The molecule has 1 aliphatic rings. The number of nitrogens with two attached hydrogens (primary N) is 1. The summed E-state index contributed by atoms with van der Waals surface area (Å²) in [5.74, 6) is 0.119. The molecule has 7 nitrogen and oxygen atoms in total. The summed E-state index contributed by atoms with van der Waals surface area (Å²) in [6.45, 7) is 4.22. The molecule has 1 amide bonds. The first kappa shape index (κ1) is 23.1. The number of anilines is 1. The Morgan fingerprint density at radius 1 is 1.14 bits per heavy atom. The van der Waals surface area contributed by atoms with E-state index in [1.165, 1.54) is 11.3 Å². The zero-order valence-electron chi connectivity index (χ0n) is 20.5. The van der Waals surface area contributed by atoms with Crippen LogP contribution in [0.15, 0.2) is 60.9 Å². The predicted molar refractivity (Wildman–Crippen MR) is 140 cm³/mol. The van der Waals surface area contributed by atoms with Crippen molar-refractivity contribution < 1.29 is 4.79 Å². The SMILES string of the molecule is CNc1ccc(-c2ccnc3c2cc(CN2CC[C@H](c4ccc(C(N)=O)cc4)C[C@@H]2C)n3C)nc1. The van der Waals surface area contributed by atoms with Gasteiger partial charge in [-0.05, 0) is 74.2 Å². The topological polar surface area (TPSA) is 89.1 Å². The fraction of sp³-hybridized carbons (Fsp3) is 0.321. The molecular weight excluding hydrogens is 436 g/mol. The second-order valence-corrected chi connectivity index (χ2v) is 9.50. The molecule has 1 saturated heterocycles. The first-order valence-corrected chi connectivity index (χ1v) is 12.2. The second kappa shape index (κ2) is 9.50.